The van der Waals surface area contributed by atoms with Crippen LogP contribution in [0.15, 0.2) is 30.9 Å². The molecular formula is C27H26ClF2N7O2S. The number of nitrogens with zero attached hydrogens (tertiary/aromatic N) is 5. The first-order chi connectivity index (χ1) is 19.2. The van der Waals surface area contributed by atoms with Crippen LogP contribution in [-0.2, 0) is 4.79 Å². The van der Waals surface area contributed by atoms with Crippen LogP contribution in [-0.4, -0.2) is 76.0 Å². The highest BCUT2D eigenvalue weighted by atomic mass is 35.5. The van der Waals surface area contributed by atoms with Gasteiger partial charge < -0.3 is 25.6 Å². The van der Waals surface area contributed by atoms with Crippen LogP contribution in [0.4, 0.5) is 19.7 Å². The normalized spacial score (nSPS) is 17.9. The van der Waals surface area contributed by atoms with Crippen molar-refractivity contribution in [3.8, 4) is 17.1 Å². The molecule has 2 aliphatic rings. The average Bonchev–Trinajstić information content (AvgIpc) is 3.51. The number of aromatic nitrogens is 3. The summed E-state index contributed by atoms with van der Waals surface area (Å²) < 4.78 is 37.0. The van der Waals surface area contributed by atoms with Gasteiger partial charge in [0.1, 0.15) is 23.8 Å². The summed E-state index contributed by atoms with van der Waals surface area (Å²) in [6.07, 6.45) is 3.32. The molecule has 2 aromatic carbocycles. The number of nitrogens with one attached hydrogen (secondary N) is 1. The molecule has 4 aromatic rings. The van der Waals surface area contributed by atoms with Crippen molar-refractivity contribution in [2.24, 2.45) is 0 Å². The quantitative estimate of drug-likeness (QED) is 0.300. The number of hydrogen-bond acceptors (Lipinski definition) is 9. The van der Waals surface area contributed by atoms with Crippen molar-refractivity contribution in [1.82, 2.24) is 24.8 Å². The van der Waals surface area contributed by atoms with Gasteiger partial charge in [-0.15, -0.1) is 0 Å². The summed E-state index contributed by atoms with van der Waals surface area (Å²) in [5.74, 6) is -1.05. The largest absolute Gasteiger partial charge is 0.462 e. The van der Waals surface area contributed by atoms with E-state index in [4.69, 9.17) is 22.1 Å². The maximum Gasteiger partial charge on any atom is 0.319 e. The van der Waals surface area contributed by atoms with E-state index >= 15 is 4.39 Å². The van der Waals surface area contributed by atoms with E-state index < -0.39 is 11.6 Å². The number of ether oxygens (including phenoxy) is 1. The van der Waals surface area contributed by atoms with Crippen molar-refractivity contribution in [1.29, 1.82) is 0 Å². The lowest BCUT2D eigenvalue weighted by molar-refractivity contribution is -0.129. The SMILES string of the molecule is C=CC(=O)N1CC(Nc2nc(OCC3CCCN3C)nc3c(F)c(-c4ccc(F)c5sc(N)nc45)c(Cl)cc23)C1. The highest BCUT2D eigenvalue weighted by molar-refractivity contribution is 7.22. The maximum atomic E-state index is 16.4. The number of carbonyl (C=O) groups is 1. The topological polar surface area (TPSA) is 110 Å². The second-order valence-electron chi connectivity index (χ2n) is 10.00. The Kier molecular flexibility index (Phi) is 6.93. The van der Waals surface area contributed by atoms with Crippen LogP contribution >= 0.6 is 22.9 Å². The average molecular weight is 586 g/mol. The second kappa shape index (κ2) is 10.4. The Labute approximate surface area is 237 Å². The molecule has 3 N–H and O–H groups in total. The Hall–Kier alpha value is -3.61. The van der Waals surface area contributed by atoms with E-state index in [1.807, 2.05) is 7.05 Å². The summed E-state index contributed by atoms with van der Waals surface area (Å²) in [7, 11) is 2.03. The van der Waals surface area contributed by atoms with Crippen LogP contribution in [0.1, 0.15) is 12.8 Å². The first kappa shape index (κ1) is 26.6. The van der Waals surface area contributed by atoms with Crippen LogP contribution in [0.5, 0.6) is 6.01 Å². The molecule has 0 spiro atoms. The van der Waals surface area contributed by atoms with Crippen molar-refractivity contribution in [2.45, 2.75) is 24.9 Å². The standard InChI is InChI=1S/C27H26ClF2N7O2S/c1-3-19(38)37-10-13(11-37)32-25-16-9-17(28)20(15-6-7-18(29)24-23(15)33-26(31)40-24)21(30)22(16)34-27(35-25)39-12-14-5-4-8-36(14)2/h3,6-7,9,13-14H,1,4-5,8,10-12H2,2H3,(H2,31,33)(H,32,34,35). The summed E-state index contributed by atoms with van der Waals surface area (Å²) in [6.45, 7) is 5.72. The number of likely N-dealkylation sites (tertiary alicyclic amines) is 2. The zero-order valence-electron chi connectivity index (χ0n) is 21.6. The molecule has 0 radical (unpaired) electrons. The van der Waals surface area contributed by atoms with E-state index in [1.54, 1.807) is 11.0 Å². The van der Waals surface area contributed by atoms with Gasteiger partial charge in [0, 0.05) is 35.6 Å². The smallest absolute Gasteiger partial charge is 0.319 e. The Morgan fingerprint density at radius 2 is 2.10 bits per heavy atom. The number of thiazole rings is 1. The number of halogens is 3. The predicted molar refractivity (Wildman–Crippen MR) is 153 cm³/mol. The minimum absolute atomic E-state index is 0.00861. The van der Waals surface area contributed by atoms with Gasteiger partial charge in [0.05, 0.1) is 21.3 Å². The highest BCUT2D eigenvalue weighted by Gasteiger charge is 2.31. The molecule has 4 heterocycles. The van der Waals surface area contributed by atoms with Crippen LogP contribution in [0.2, 0.25) is 5.02 Å². The molecule has 2 aromatic heterocycles. The molecule has 2 fully saturated rings. The minimum Gasteiger partial charge on any atom is -0.462 e. The fraction of sp³-hybridized carbons (Fsp3) is 0.333. The molecule has 6 rings (SSSR count). The van der Waals surface area contributed by atoms with Crippen LogP contribution in [0.25, 0.3) is 32.2 Å². The third kappa shape index (κ3) is 4.69. The van der Waals surface area contributed by atoms with E-state index in [9.17, 15) is 9.18 Å². The maximum absolute atomic E-state index is 16.4. The summed E-state index contributed by atoms with van der Waals surface area (Å²) >= 11 is 7.64. The number of fused-ring (bicyclic) bond motifs is 2. The molecule has 1 unspecified atom stereocenters. The van der Waals surface area contributed by atoms with Gasteiger partial charge >= 0.3 is 6.01 Å². The Morgan fingerprint density at radius 1 is 1.30 bits per heavy atom. The molecule has 208 valence electrons. The summed E-state index contributed by atoms with van der Waals surface area (Å²) in [4.78, 5) is 29.0. The van der Waals surface area contributed by atoms with E-state index in [2.05, 4.69) is 31.7 Å². The molecule has 13 heteroatoms. The fourth-order valence-corrected chi connectivity index (χ4v) is 6.28. The molecule has 40 heavy (non-hydrogen) atoms. The molecule has 2 aliphatic heterocycles. The van der Waals surface area contributed by atoms with Gasteiger partial charge in [-0.3, -0.25) is 4.79 Å². The number of likely N-dealkylation sites (N-methyl/N-ethyl adjacent to an activating group) is 1. The van der Waals surface area contributed by atoms with Crippen molar-refractivity contribution in [3.05, 3.63) is 47.5 Å². The van der Waals surface area contributed by atoms with Gasteiger partial charge in [0.2, 0.25) is 5.91 Å². The molecule has 2 saturated heterocycles. The summed E-state index contributed by atoms with van der Waals surface area (Å²) in [5, 5.41) is 3.87. The van der Waals surface area contributed by atoms with Gasteiger partial charge in [-0.1, -0.05) is 29.5 Å². The number of amides is 1. The van der Waals surface area contributed by atoms with Gasteiger partial charge in [-0.05, 0) is 50.7 Å². The molecule has 1 atom stereocenters. The van der Waals surface area contributed by atoms with Gasteiger partial charge in [-0.2, -0.15) is 9.97 Å². The Morgan fingerprint density at radius 3 is 2.83 bits per heavy atom. The first-order valence-electron chi connectivity index (χ1n) is 12.8. The van der Waals surface area contributed by atoms with Gasteiger partial charge in [0.15, 0.2) is 10.9 Å². The number of nitrogens with two attached hydrogens (primary N) is 1. The van der Waals surface area contributed by atoms with Crippen molar-refractivity contribution < 1.29 is 18.3 Å². The van der Waals surface area contributed by atoms with E-state index in [1.165, 1.54) is 18.2 Å². The van der Waals surface area contributed by atoms with Crippen LogP contribution in [0.3, 0.4) is 0 Å². The minimum atomic E-state index is -0.715. The molecule has 1 amide bonds. The number of nitrogen functional groups attached to an aromatic ring is 1. The highest BCUT2D eigenvalue weighted by Crippen LogP contribution is 2.42. The number of hydrogen-bond donors (Lipinski definition) is 2. The lowest BCUT2D eigenvalue weighted by Gasteiger charge is -2.39. The van der Waals surface area contributed by atoms with Crippen molar-refractivity contribution in [3.63, 3.8) is 0 Å². The van der Waals surface area contributed by atoms with E-state index in [0.717, 1.165) is 30.7 Å². The molecule has 0 saturated carbocycles. The lowest BCUT2D eigenvalue weighted by Crippen LogP contribution is -2.56. The second-order valence-corrected chi connectivity index (χ2v) is 11.4. The zero-order valence-corrected chi connectivity index (χ0v) is 23.2. The lowest BCUT2D eigenvalue weighted by atomic mass is 10.0. The Bertz CT molecular complexity index is 1660. The monoisotopic (exact) mass is 585 g/mol. The number of carbonyl (C=O) groups excluding carboxylic acids is 1. The third-order valence-corrected chi connectivity index (χ3v) is 8.62. The summed E-state index contributed by atoms with van der Waals surface area (Å²) in [5.41, 5.74) is 6.39. The fourth-order valence-electron chi connectivity index (χ4n) is 5.22. The third-order valence-electron chi connectivity index (χ3n) is 7.43. The zero-order chi connectivity index (χ0) is 28.1. The number of benzene rings is 2. The van der Waals surface area contributed by atoms with Crippen LogP contribution in [0, 0.1) is 11.6 Å². The molecular weight excluding hydrogens is 560 g/mol. The van der Waals surface area contributed by atoms with E-state index in [-0.39, 0.29) is 55.5 Å². The Balaban J connectivity index is 1.43. The van der Waals surface area contributed by atoms with Crippen molar-refractivity contribution in [2.75, 3.05) is 44.3 Å². The summed E-state index contributed by atoms with van der Waals surface area (Å²) in [6, 6.07) is 4.34. The molecule has 9 nitrogen and oxygen atoms in total. The van der Waals surface area contributed by atoms with Gasteiger partial charge in [0.25, 0.3) is 0 Å². The first-order valence-corrected chi connectivity index (χ1v) is 14.0. The van der Waals surface area contributed by atoms with E-state index in [0.29, 0.717) is 36.5 Å². The molecule has 0 aliphatic carbocycles. The van der Waals surface area contributed by atoms with Crippen molar-refractivity contribution >= 4 is 60.9 Å². The number of rotatable bonds is 7. The molecule has 0 bridgehead atoms. The predicted octanol–water partition coefficient (Wildman–Crippen LogP) is 4.70. The van der Waals surface area contributed by atoms with Crippen LogP contribution < -0.4 is 15.8 Å². The number of anilines is 2. The van der Waals surface area contributed by atoms with Gasteiger partial charge in [-0.25, -0.2) is 13.8 Å².